The molecular formula is C16H22N2OS. The number of aryl methyl sites for hydroxylation is 1. The predicted octanol–water partition coefficient (Wildman–Crippen LogP) is 3.78. The lowest BCUT2D eigenvalue weighted by Gasteiger charge is -2.06. The largest absolute Gasteiger partial charge is 0.496 e. The Morgan fingerprint density at radius 1 is 1.35 bits per heavy atom. The average Bonchev–Trinajstić information content (AvgIpc) is 2.80. The highest BCUT2D eigenvalue weighted by molar-refractivity contribution is 7.15. The second-order valence-electron chi connectivity index (χ2n) is 5.39. The second-order valence-corrected chi connectivity index (χ2v) is 6.48. The molecular weight excluding hydrogens is 268 g/mol. The molecule has 2 rings (SSSR count). The Balaban J connectivity index is 2.45. The van der Waals surface area contributed by atoms with Gasteiger partial charge in [-0.05, 0) is 37.0 Å². The van der Waals surface area contributed by atoms with Crippen LogP contribution in [-0.4, -0.2) is 12.1 Å². The lowest BCUT2D eigenvalue weighted by Crippen LogP contribution is -2.02. The normalized spacial score (nSPS) is 11.1. The zero-order valence-corrected chi connectivity index (χ0v) is 13.4. The number of hydrogen-bond acceptors (Lipinski definition) is 4. The summed E-state index contributed by atoms with van der Waals surface area (Å²) >= 11 is 1.67. The average molecular weight is 290 g/mol. The van der Waals surface area contributed by atoms with Crippen molar-refractivity contribution >= 4 is 11.3 Å². The minimum absolute atomic E-state index is 0.550. The Morgan fingerprint density at radius 2 is 2.10 bits per heavy atom. The molecule has 108 valence electrons. The zero-order chi connectivity index (χ0) is 14.7. The van der Waals surface area contributed by atoms with E-state index in [1.54, 1.807) is 18.4 Å². The van der Waals surface area contributed by atoms with Crippen LogP contribution in [0.15, 0.2) is 18.2 Å². The third-order valence-electron chi connectivity index (χ3n) is 3.15. The van der Waals surface area contributed by atoms with E-state index in [4.69, 9.17) is 15.5 Å². The SMILES string of the molecule is COc1cc(C)ccc1-c1nc(CC(C)C)c(CN)s1. The van der Waals surface area contributed by atoms with E-state index in [1.165, 1.54) is 10.4 Å². The maximum Gasteiger partial charge on any atom is 0.129 e. The van der Waals surface area contributed by atoms with Crippen LogP contribution in [0.2, 0.25) is 0 Å². The molecule has 1 aromatic heterocycles. The molecule has 1 heterocycles. The molecule has 0 saturated carbocycles. The Labute approximate surface area is 124 Å². The quantitative estimate of drug-likeness (QED) is 0.911. The van der Waals surface area contributed by atoms with Gasteiger partial charge in [0, 0.05) is 11.4 Å². The molecule has 1 aromatic carbocycles. The third kappa shape index (κ3) is 3.19. The van der Waals surface area contributed by atoms with Crippen LogP contribution in [0.5, 0.6) is 5.75 Å². The highest BCUT2D eigenvalue weighted by atomic mass is 32.1. The molecule has 0 radical (unpaired) electrons. The molecule has 4 heteroatoms. The van der Waals surface area contributed by atoms with Gasteiger partial charge in [-0.25, -0.2) is 4.98 Å². The van der Waals surface area contributed by atoms with Gasteiger partial charge in [-0.15, -0.1) is 11.3 Å². The van der Waals surface area contributed by atoms with Crippen molar-refractivity contribution in [2.75, 3.05) is 7.11 Å². The predicted molar refractivity (Wildman–Crippen MR) is 85.3 cm³/mol. The number of nitrogens with zero attached hydrogens (tertiary/aromatic N) is 1. The van der Waals surface area contributed by atoms with Crippen LogP contribution in [0.4, 0.5) is 0 Å². The van der Waals surface area contributed by atoms with Gasteiger partial charge in [0.25, 0.3) is 0 Å². The van der Waals surface area contributed by atoms with Crippen LogP contribution >= 0.6 is 11.3 Å². The van der Waals surface area contributed by atoms with Crippen molar-refractivity contribution in [1.29, 1.82) is 0 Å². The number of nitrogens with two attached hydrogens (primary N) is 1. The Hall–Kier alpha value is -1.39. The number of benzene rings is 1. The minimum Gasteiger partial charge on any atom is -0.496 e. The minimum atomic E-state index is 0.550. The first-order valence-corrected chi connectivity index (χ1v) is 7.70. The van der Waals surface area contributed by atoms with Crippen LogP contribution in [-0.2, 0) is 13.0 Å². The van der Waals surface area contributed by atoms with Crippen molar-refractivity contribution < 1.29 is 4.74 Å². The van der Waals surface area contributed by atoms with Gasteiger partial charge in [0.15, 0.2) is 0 Å². The molecule has 0 atom stereocenters. The summed E-state index contributed by atoms with van der Waals surface area (Å²) < 4.78 is 5.48. The molecule has 0 unspecified atom stereocenters. The summed E-state index contributed by atoms with van der Waals surface area (Å²) in [5, 5.41) is 0.998. The lowest BCUT2D eigenvalue weighted by molar-refractivity contribution is 0.416. The van der Waals surface area contributed by atoms with E-state index in [-0.39, 0.29) is 0 Å². The molecule has 0 amide bonds. The first-order chi connectivity index (χ1) is 9.55. The first-order valence-electron chi connectivity index (χ1n) is 6.88. The maximum atomic E-state index is 5.85. The van der Waals surface area contributed by atoms with E-state index >= 15 is 0 Å². The summed E-state index contributed by atoms with van der Waals surface area (Å²) in [6.07, 6.45) is 0.969. The highest BCUT2D eigenvalue weighted by Crippen LogP contribution is 2.35. The van der Waals surface area contributed by atoms with Crippen LogP contribution in [0.1, 0.15) is 30.0 Å². The summed E-state index contributed by atoms with van der Waals surface area (Å²) in [6.45, 7) is 7.01. The summed E-state index contributed by atoms with van der Waals surface area (Å²) in [5.74, 6) is 1.45. The third-order valence-corrected chi connectivity index (χ3v) is 4.31. The van der Waals surface area contributed by atoms with Crippen molar-refractivity contribution in [3.63, 3.8) is 0 Å². The van der Waals surface area contributed by atoms with Crippen LogP contribution in [0, 0.1) is 12.8 Å². The maximum absolute atomic E-state index is 5.85. The molecule has 0 aliphatic carbocycles. The Bertz CT molecular complexity index is 590. The molecule has 20 heavy (non-hydrogen) atoms. The fourth-order valence-corrected chi connectivity index (χ4v) is 3.18. The molecule has 0 saturated heterocycles. The van der Waals surface area contributed by atoms with Gasteiger partial charge in [-0.1, -0.05) is 19.9 Å². The first kappa shape index (κ1) is 15.0. The van der Waals surface area contributed by atoms with E-state index < -0.39 is 0 Å². The number of thiazole rings is 1. The Morgan fingerprint density at radius 3 is 2.70 bits per heavy atom. The Kier molecular flexibility index (Phi) is 4.78. The molecule has 0 bridgehead atoms. The van der Waals surface area contributed by atoms with Crippen LogP contribution in [0.3, 0.4) is 0 Å². The molecule has 0 spiro atoms. The molecule has 2 aromatic rings. The van der Waals surface area contributed by atoms with Crippen molar-refractivity contribution in [3.05, 3.63) is 34.3 Å². The summed E-state index contributed by atoms with van der Waals surface area (Å²) in [6, 6.07) is 6.21. The number of aromatic nitrogens is 1. The fourth-order valence-electron chi connectivity index (χ4n) is 2.18. The number of rotatable bonds is 5. The molecule has 0 fully saturated rings. The molecule has 0 aliphatic rings. The van der Waals surface area contributed by atoms with Gasteiger partial charge in [0.1, 0.15) is 10.8 Å². The monoisotopic (exact) mass is 290 g/mol. The van der Waals surface area contributed by atoms with Crippen molar-refractivity contribution in [1.82, 2.24) is 4.98 Å². The smallest absolute Gasteiger partial charge is 0.129 e. The summed E-state index contributed by atoms with van der Waals surface area (Å²) in [7, 11) is 1.70. The lowest BCUT2D eigenvalue weighted by atomic mass is 10.1. The summed E-state index contributed by atoms with van der Waals surface area (Å²) in [5.41, 5.74) is 9.21. The van der Waals surface area contributed by atoms with Gasteiger partial charge in [-0.3, -0.25) is 0 Å². The van der Waals surface area contributed by atoms with E-state index in [0.29, 0.717) is 12.5 Å². The van der Waals surface area contributed by atoms with Crippen molar-refractivity contribution in [2.24, 2.45) is 11.7 Å². The standard InChI is InChI=1S/C16H22N2OS/c1-10(2)7-13-15(9-17)20-16(18-13)12-6-5-11(3)8-14(12)19-4/h5-6,8,10H,7,9,17H2,1-4H3. The molecule has 0 aliphatic heterocycles. The van der Waals surface area contributed by atoms with Gasteiger partial charge < -0.3 is 10.5 Å². The molecule has 3 nitrogen and oxygen atoms in total. The summed E-state index contributed by atoms with van der Waals surface area (Å²) in [4.78, 5) is 5.97. The molecule has 2 N–H and O–H groups in total. The van der Waals surface area contributed by atoms with E-state index in [9.17, 15) is 0 Å². The highest BCUT2D eigenvalue weighted by Gasteiger charge is 2.15. The van der Waals surface area contributed by atoms with E-state index in [2.05, 4.69) is 32.9 Å². The van der Waals surface area contributed by atoms with Crippen molar-refractivity contribution in [2.45, 2.75) is 33.7 Å². The number of hydrogen-bond donors (Lipinski definition) is 1. The van der Waals surface area contributed by atoms with Crippen LogP contribution in [0.25, 0.3) is 10.6 Å². The van der Waals surface area contributed by atoms with E-state index in [1.807, 2.05) is 6.07 Å². The van der Waals surface area contributed by atoms with Gasteiger partial charge >= 0.3 is 0 Å². The van der Waals surface area contributed by atoms with E-state index in [0.717, 1.165) is 28.4 Å². The van der Waals surface area contributed by atoms with Gasteiger partial charge in [0.2, 0.25) is 0 Å². The number of ether oxygens (including phenoxy) is 1. The van der Waals surface area contributed by atoms with Crippen molar-refractivity contribution in [3.8, 4) is 16.3 Å². The topological polar surface area (TPSA) is 48.1 Å². The number of methoxy groups -OCH3 is 1. The van der Waals surface area contributed by atoms with Gasteiger partial charge in [0.05, 0.1) is 18.4 Å². The van der Waals surface area contributed by atoms with Crippen LogP contribution < -0.4 is 10.5 Å². The second kappa shape index (κ2) is 6.37. The zero-order valence-electron chi connectivity index (χ0n) is 12.6. The fraction of sp³-hybridized carbons (Fsp3) is 0.438. The van der Waals surface area contributed by atoms with Gasteiger partial charge in [-0.2, -0.15) is 0 Å².